The van der Waals surface area contributed by atoms with Crippen LogP contribution in [0.1, 0.15) is 28.9 Å². The number of carbonyl (C=O) groups excluding carboxylic acids is 3. The molecule has 2 atom stereocenters. The smallest absolute Gasteiger partial charge is 0.268 e. The highest BCUT2D eigenvalue weighted by molar-refractivity contribution is 7.80. The first kappa shape index (κ1) is 26.7. The molecule has 0 saturated heterocycles. The molecule has 3 aromatic rings. The first-order valence-corrected chi connectivity index (χ1v) is 12.0. The van der Waals surface area contributed by atoms with Crippen molar-refractivity contribution in [1.29, 1.82) is 5.41 Å². The van der Waals surface area contributed by atoms with Gasteiger partial charge in [-0.25, -0.2) is 4.39 Å². The summed E-state index contributed by atoms with van der Waals surface area (Å²) in [7, 11) is 0. The van der Waals surface area contributed by atoms with Gasteiger partial charge < -0.3 is 26.3 Å². The molecule has 0 aliphatic carbocycles. The second-order valence-corrected chi connectivity index (χ2v) is 8.55. The Balaban J connectivity index is 1.79. The molecule has 1 radical (unpaired) electrons. The number of para-hydroxylation sites is 1. The number of hydrogen-bond acceptors (Lipinski definition) is 5. The Kier molecular flexibility index (Phi) is 9.46. The van der Waals surface area contributed by atoms with Crippen molar-refractivity contribution in [3.63, 3.8) is 0 Å². The lowest BCUT2D eigenvalue weighted by Crippen LogP contribution is -2.53. The van der Waals surface area contributed by atoms with Crippen molar-refractivity contribution in [2.24, 2.45) is 5.73 Å². The summed E-state index contributed by atoms with van der Waals surface area (Å²) in [6.07, 6.45) is 2.58. The molecule has 3 rings (SSSR count). The molecule has 11 heteroatoms. The number of halogens is 1. The number of rotatable bonds is 12. The van der Waals surface area contributed by atoms with Gasteiger partial charge in [-0.2, -0.15) is 12.6 Å². The zero-order valence-electron chi connectivity index (χ0n) is 19.5. The fourth-order valence-electron chi connectivity index (χ4n) is 3.74. The fourth-order valence-corrected chi connectivity index (χ4v) is 3.99. The number of nitrogens with zero attached hydrogens (tertiary/aromatic N) is 1. The molecular weight excluding hydrogens is 483 g/mol. The summed E-state index contributed by atoms with van der Waals surface area (Å²) >= 11 is 4.26. The van der Waals surface area contributed by atoms with Gasteiger partial charge in [0, 0.05) is 29.7 Å². The van der Waals surface area contributed by atoms with Crippen molar-refractivity contribution in [1.82, 2.24) is 20.5 Å². The van der Waals surface area contributed by atoms with Crippen LogP contribution in [0.5, 0.6) is 0 Å². The fraction of sp³-hybridized carbons (Fsp3) is 0.280. The molecule has 0 bridgehead atoms. The number of nitrogens with one attached hydrogen (secondary N) is 4. The Morgan fingerprint density at radius 1 is 1.19 bits per heavy atom. The number of fused-ring (bicyclic) bond motifs is 1. The van der Waals surface area contributed by atoms with Gasteiger partial charge in [0.15, 0.2) is 5.96 Å². The van der Waals surface area contributed by atoms with Gasteiger partial charge in [0.1, 0.15) is 17.6 Å². The Bertz CT molecular complexity index is 1180. The SMILES string of the molecule is N=C(N)NCCC[C@@H]([C]=O)N(Cc1ccc(F)cc1)C(=O)C(CS)NC(=O)c1cc2ccccc2[nH]1. The molecule has 0 saturated carbocycles. The highest BCUT2D eigenvalue weighted by atomic mass is 32.1. The van der Waals surface area contributed by atoms with Crippen LogP contribution in [0.15, 0.2) is 54.6 Å². The highest BCUT2D eigenvalue weighted by Crippen LogP contribution is 2.17. The van der Waals surface area contributed by atoms with E-state index in [1.54, 1.807) is 6.07 Å². The molecule has 1 unspecified atom stereocenters. The standard InChI is InChI=1S/C25H28FN6O3S/c26-18-9-7-16(8-10-18)13-32(19(14-33)5-3-11-29-25(27)28)24(35)22(15-36)31-23(34)21-12-17-4-1-2-6-20(17)30-21/h1-2,4,6-10,12,19,22,30,36H,3,5,11,13,15H2,(H,31,34)(H4,27,28,29)/t19-,22?/m0/s1. The van der Waals surface area contributed by atoms with Crippen molar-refractivity contribution in [3.8, 4) is 0 Å². The summed E-state index contributed by atoms with van der Waals surface area (Å²) in [5.41, 5.74) is 6.96. The van der Waals surface area contributed by atoms with E-state index in [4.69, 9.17) is 11.1 Å². The maximum absolute atomic E-state index is 13.6. The summed E-state index contributed by atoms with van der Waals surface area (Å²) in [6.45, 7) is 0.338. The second-order valence-electron chi connectivity index (χ2n) is 8.19. The molecule has 189 valence electrons. The van der Waals surface area contributed by atoms with E-state index in [0.717, 1.165) is 10.9 Å². The average Bonchev–Trinajstić information content (AvgIpc) is 3.31. The minimum absolute atomic E-state index is 0.00565. The number of amides is 2. The Morgan fingerprint density at radius 2 is 1.92 bits per heavy atom. The number of nitrogens with two attached hydrogens (primary N) is 1. The summed E-state index contributed by atoms with van der Waals surface area (Å²) in [4.78, 5) is 42.7. The molecule has 0 aliphatic heterocycles. The number of aromatic nitrogens is 1. The van der Waals surface area contributed by atoms with Crippen molar-refractivity contribution < 1.29 is 18.8 Å². The molecule has 9 nitrogen and oxygen atoms in total. The Labute approximate surface area is 213 Å². The summed E-state index contributed by atoms with van der Waals surface area (Å²) in [5, 5.41) is 13.4. The van der Waals surface area contributed by atoms with E-state index in [1.165, 1.54) is 29.2 Å². The van der Waals surface area contributed by atoms with E-state index < -0.39 is 29.7 Å². The maximum Gasteiger partial charge on any atom is 0.268 e. The van der Waals surface area contributed by atoms with Crippen LogP contribution in [-0.2, 0) is 16.1 Å². The monoisotopic (exact) mass is 511 g/mol. The second kappa shape index (κ2) is 12.7. The normalized spacial score (nSPS) is 12.5. The molecule has 0 fully saturated rings. The minimum Gasteiger partial charge on any atom is -0.370 e. The first-order valence-electron chi connectivity index (χ1n) is 11.3. The molecule has 36 heavy (non-hydrogen) atoms. The zero-order valence-corrected chi connectivity index (χ0v) is 20.4. The van der Waals surface area contributed by atoms with E-state index >= 15 is 0 Å². The third-order valence-corrected chi connectivity index (χ3v) is 5.96. The van der Waals surface area contributed by atoms with Crippen LogP contribution < -0.4 is 16.4 Å². The van der Waals surface area contributed by atoms with Gasteiger partial charge in [-0.15, -0.1) is 0 Å². The summed E-state index contributed by atoms with van der Waals surface area (Å²) in [5.74, 6) is -1.65. The predicted octanol–water partition coefficient (Wildman–Crippen LogP) is 2.11. The lowest BCUT2D eigenvalue weighted by atomic mass is 10.1. The summed E-state index contributed by atoms with van der Waals surface area (Å²) < 4.78 is 13.4. The average molecular weight is 512 g/mol. The third kappa shape index (κ3) is 7.08. The van der Waals surface area contributed by atoms with E-state index in [1.807, 2.05) is 30.6 Å². The minimum atomic E-state index is -1.03. The number of hydrogen-bond donors (Lipinski definition) is 6. The van der Waals surface area contributed by atoms with Gasteiger partial charge in [-0.3, -0.25) is 19.8 Å². The van der Waals surface area contributed by atoms with Gasteiger partial charge in [-0.1, -0.05) is 30.3 Å². The molecule has 0 spiro atoms. The first-order chi connectivity index (χ1) is 17.3. The van der Waals surface area contributed by atoms with E-state index in [9.17, 15) is 18.8 Å². The molecule has 0 aliphatic rings. The number of aromatic amines is 1. The van der Waals surface area contributed by atoms with Gasteiger partial charge in [0.25, 0.3) is 5.91 Å². The van der Waals surface area contributed by atoms with E-state index in [0.29, 0.717) is 18.5 Å². The highest BCUT2D eigenvalue weighted by Gasteiger charge is 2.31. The van der Waals surface area contributed by atoms with Crippen LogP contribution in [0, 0.1) is 11.2 Å². The van der Waals surface area contributed by atoms with Gasteiger partial charge >= 0.3 is 0 Å². The molecule has 2 aromatic carbocycles. The van der Waals surface area contributed by atoms with Crippen LogP contribution in [-0.4, -0.2) is 58.3 Å². The lowest BCUT2D eigenvalue weighted by molar-refractivity contribution is -0.134. The van der Waals surface area contributed by atoms with Crippen LogP contribution >= 0.6 is 12.6 Å². The predicted molar refractivity (Wildman–Crippen MR) is 139 cm³/mol. The zero-order chi connectivity index (χ0) is 26.1. The lowest BCUT2D eigenvalue weighted by Gasteiger charge is -2.31. The quantitative estimate of drug-likeness (QED) is 0.0955. The van der Waals surface area contributed by atoms with Crippen LogP contribution in [0.2, 0.25) is 0 Å². The van der Waals surface area contributed by atoms with Crippen molar-refractivity contribution in [3.05, 3.63) is 71.7 Å². The number of H-pyrrole nitrogens is 1. The Morgan fingerprint density at radius 3 is 2.56 bits per heavy atom. The number of benzene rings is 2. The van der Waals surface area contributed by atoms with Crippen molar-refractivity contribution >= 4 is 47.6 Å². The summed E-state index contributed by atoms with van der Waals surface area (Å²) in [6, 6.07) is 12.7. The number of guanidine groups is 1. The van der Waals surface area contributed by atoms with E-state index in [2.05, 4.69) is 28.2 Å². The Hall–Kier alpha value is -3.86. The largest absolute Gasteiger partial charge is 0.370 e. The maximum atomic E-state index is 13.6. The van der Waals surface area contributed by atoms with Gasteiger partial charge in [0.2, 0.25) is 12.2 Å². The number of thiol groups is 1. The molecule has 2 amide bonds. The van der Waals surface area contributed by atoms with Gasteiger partial charge in [0.05, 0.1) is 6.04 Å². The molecule has 1 heterocycles. The van der Waals surface area contributed by atoms with Crippen LogP contribution in [0.3, 0.4) is 0 Å². The van der Waals surface area contributed by atoms with Crippen LogP contribution in [0.4, 0.5) is 4.39 Å². The number of carbonyl (C=O) groups is 2. The molecule has 1 aromatic heterocycles. The van der Waals surface area contributed by atoms with Crippen molar-refractivity contribution in [2.75, 3.05) is 12.3 Å². The van der Waals surface area contributed by atoms with E-state index in [-0.39, 0.29) is 30.4 Å². The van der Waals surface area contributed by atoms with Crippen LogP contribution in [0.25, 0.3) is 10.9 Å². The molecule has 6 N–H and O–H groups in total. The molecular formula is C25H28FN6O3S. The topological polar surface area (TPSA) is 144 Å². The van der Waals surface area contributed by atoms with Gasteiger partial charge in [-0.05, 0) is 42.7 Å². The van der Waals surface area contributed by atoms with Crippen molar-refractivity contribution in [2.45, 2.75) is 31.5 Å². The third-order valence-electron chi connectivity index (χ3n) is 5.59.